The summed E-state index contributed by atoms with van der Waals surface area (Å²) in [6, 6.07) is 21.1. The minimum Gasteiger partial charge on any atom is -0.382 e. The fraction of sp³-hybridized carbons (Fsp3) is 0.231. The molecule has 0 fully saturated rings. The van der Waals surface area contributed by atoms with E-state index < -0.39 is 0 Å². The van der Waals surface area contributed by atoms with Gasteiger partial charge in [0.25, 0.3) is 0 Å². The lowest BCUT2D eigenvalue weighted by Crippen LogP contribution is -2.06. The molecule has 0 radical (unpaired) electrons. The Balaban J connectivity index is 1.70. The summed E-state index contributed by atoms with van der Waals surface area (Å²) in [6.07, 6.45) is 3.13. The van der Waals surface area contributed by atoms with Crippen LogP contribution in [0.5, 0.6) is 0 Å². The fourth-order valence-corrected chi connectivity index (χ4v) is 5.29. The van der Waals surface area contributed by atoms with Crippen LogP contribution in [-0.4, -0.2) is 14.5 Å². The van der Waals surface area contributed by atoms with Gasteiger partial charge >= 0.3 is 0 Å². The smallest absolute Gasteiger partial charge is 0.152 e. The van der Waals surface area contributed by atoms with E-state index in [-0.39, 0.29) is 0 Å². The molecule has 5 rings (SSSR count). The van der Waals surface area contributed by atoms with Crippen molar-refractivity contribution in [2.24, 2.45) is 5.73 Å². The summed E-state index contributed by atoms with van der Waals surface area (Å²) in [7, 11) is 0. The van der Waals surface area contributed by atoms with Crippen LogP contribution < -0.4 is 11.5 Å². The van der Waals surface area contributed by atoms with Crippen LogP contribution in [0.1, 0.15) is 36.7 Å². The zero-order valence-corrected chi connectivity index (χ0v) is 19.0. The number of unbranched alkanes of at least 4 members (excludes halogenated alkanes) is 1. The Bertz CT molecular complexity index is 1370. The Hall–Kier alpha value is -3.22. The monoisotopic (exact) mass is 441 g/mol. The lowest BCUT2D eigenvalue weighted by atomic mass is 10.1. The molecule has 0 bridgehead atoms. The SMILES string of the molecule is CCCCc1nc2c(N)nc3cc(-c4ccccc4)sc3c2n1Cc1ccc(CN)cc1. The first-order chi connectivity index (χ1) is 15.7. The molecule has 6 heteroatoms. The van der Waals surface area contributed by atoms with E-state index in [0.717, 1.165) is 58.4 Å². The van der Waals surface area contributed by atoms with E-state index >= 15 is 0 Å². The molecule has 0 spiro atoms. The summed E-state index contributed by atoms with van der Waals surface area (Å²) < 4.78 is 3.48. The van der Waals surface area contributed by atoms with Gasteiger partial charge in [0.15, 0.2) is 5.82 Å². The number of nitrogens with zero attached hydrogens (tertiary/aromatic N) is 3. The van der Waals surface area contributed by atoms with Gasteiger partial charge in [-0.05, 0) is 29.2 Å². The Morgan fingerprint density at radius 3 is 2.44 bits per heavy atom. The maximum atomic E-state index is 6.42. The lowest BCUT2D eigenvalue weighted by Gasteiger charge is -2.10. The Morgan fingerprint density at radius 1 is 0.969 bits per heavy atom. The van der Waals surface area contributed by atoms with Crippen molar-refractivity contribution < 1.29 is 0 Å². The first-order valence-electron chi connectivity index (χ1n) is 11.1. The molecule has 3 heterocycles. The van der Waals surface area contributed by atoms with Crippen LogP contribution in [0.2, 0.25) is 0 Å². The van der Waals surface area contributed by atoms with E-state index in [4.69, 9.17) is 21.4 Å². The fourth-order valence-electron chi connectivity index (χ4n) is 4.13. The number of anilines is 1. The molecule has 3 aromatic heterocycles. The van der Waals surface area contributed by atoms with Crippen molar-refractivity contribution >= 4 is 38.4 Å². The van der Waals surface area contributed by atoms with Crippen LogP contribution in [0.25, 0.3) is 31.7 Å². The summed E-state index contributed by atoms with van der Waals surface area (Å²) in [5.74, 6) is 1.57. The van der Waals surface area contributed by atoms with Gasteiger partial charge in [0.2, 0.25) is 0 Å². The molecule has 0 aliphatic heterocycles. The maximum Gasteiger partial charge on any atom is 0.152 e. The predicted octanol–water partition coefficient (Wildman–Crippen LogP) is 5.74. The topological polar surface area (TPSA) is 82.8 Å². The molecule has 0 amide bonds. The largest absolute Gasteiger partial charge is 0.382 e. The minimum absolute atomic E-state index is 0.500. The van der Waals surface area contributed by atoms with Gasteiger partial charge in [-0.2, -0.15) is 0 Å². The number of pyridine rings is 1. The zero-order valence-electron chi connectivity index (χ0n) is 18.2. The molecule has 2 aromatic carbocycles. The molecule has 0 saturated carbocycles. The number of nitrogens with two attached hydrogens (primary N) is 2. The molecular weight excluding hydrogens is 414 g/mol. The van der Waals surface area contributed by atoms with Crippen LogP contribution in [0.15, 0.2) is 60.7 Å². The lowest BCUT2D eigenvalue weighted by molar-refractivity contribution is 0.690. The number of aryl methyl sites for hydroxylation is 1. The zero-order chi connectivity index (χ0) is 22.1. The minimum atomic E-state index is 0.500. The van der Waals surface area contributed by atoms with Gasteiger partial charge in [-0.15, -0.1) is 11.3 Å². The summed E-state index contributed by atoms with van der Waals surface area (Å²) in [4.78, 5) is 10.9. The van der Waals surface area contributed by atoms with Crippen LogP contribution in [0, 0.1) is 0 Å². The van der Waals surface area contributed by atoms with Crippen LogP contribution in [0.3, 0.4) is 0 Å². The Morgan fingerprint density at radius 2 is 1.72 bits per heavy atom. The second-order valence-electron chi connectivity index (χ2n) is 8.12. The quantitative estimate of drug-likeness (QED) is 0.337. The first-order valence-corrected chi connectivity index (χ1v) is 11.9. The molecule has 0 unspecified atom stereocenters. The van der Waals surface area contributed by atoms with Crippen molar-refractivity contribution in [1.29, 1.82) is 0 Å². The number of benzene rings is 2. The predicted molar refractivity (Wildman–Crippen MR) is 135 cm³/mol. The summed E-state index contributed by atoms with van der Waals surface area (Å²) in [5, 5.41) is 0. The van der Waals surface area contributed by atoms with Gasteiger partial charge in [-0.25, -0.2) is 9.97 Å². The van der Waals surface area contributed by atoms with Crippen LogP contribution >= 0.6 is 11.3 Å². The summed E-state index contributed by atoms with van der Waals surface area (Å²) >= 11 is 1.76. The van der Waals surface area contributed by atoms with Gasteiger partial charge in [0.1, 0.15) is 11.3 Å². The van der Waals surface area contributed by atoms with E-state index in [1.165, 1.54) is 16.0 Å². The van der Waals surface area contributed by atoms with Gasteiger partial charge in [-0.3, -0.25) is 0 Å². The first kappa shape index (κ1) is 20.7. The highest BCUT2D eigenvalue weighted by Crippen LogP contribution is 2.39. The third kappa shape index (κ3) is 3.76. The normalized spacial score (nSPS) is 11.6. The highest BCUT2D eigenvalue weighted by atomic mass is 32.1. The summed E-state index contributed by atoms with van der Waals surface area (Å²) in [5.41, 5.74) is 18.6. The van der Waals surface area contributed by atoms with Gasteiger partial charge in [-0.1, -0.05) is 67.9 Å². The van der Waals surface area contributed by atoms with Crippen molar-refractivity contribution in [1.82, 2.24) is 14.5 Å². The van der Waals surface area contributed by atoms with E-state index in [9.17, 15) is 0 Å². The Kier molecular flexibility index (Phi) is 5.64. The van der Waals surface area contributed by atoms with Crippen molar-refractivity contribution in [2.45, 2.75) is 39.3 Å². The highest BCUT2D eigenvalue weighted by Gasteiger charge is 2.19. The molecule has 32 heavy (non-hydrogen) atoms. The van der Waals surface area contributed by atoms with Crippen molar-refractivity contribution in [3.8, 4) is 10.4 Å². The van der Waals surface area contributed by atoms with Gasteiger partial charge < -0.3 is 16.0 Å². The third-order valence-electron chi connectivity index (χ3n) is 5.87. The molecule has 5 aromatic rings. The third-order valence-corrected chi connectivity index (χ3v) is 7.05. The van der Waals surface area contributed by atoms with Gasteiger partial charge in [0, 0.05) is 24.4 Å². The van der Waals surface area contributed by atoms with Gasteiger partial charge in [0.05, 0.1) is 15.7 Å². The number of imidazole rings is 1. The second-order valence-corrected chi connectivity index (χ2v) is 9.18. The van der Waals surface area contributed by atoms with E-state index in [0.29, 0.717) is 12.4 Å². The van der Waals surface area contributed by atoms with E-state index in [2.05, 4.69) is 66.1 Å². The van der Waals surface area contributed by atoms with E-state index in [1.54, 1.807) is 11.3 Å². The average Bonchev–Trinajstić information content (AvgIpc) is 3.41. The second kappa shape index (κ2) is 8.73. The number of aromatic nitrogens is 3. The number of hydrogen-bond donors (Lipinski definition) is 2. The Labute approximate surface area is 191 Å². The number of fused-ring (bicyclic) bond motifs is 3. The van der Waals surface area contributed by atoms with Crippen LogP contribution in [0.4, 0.5) is 5.82 Å². The molecule has 162 valence electrons. The van der Waals surface area contributed by atoms with Crippen molar-refractivity contribution in [3.05, 3.63) is 77.6 Å². The van der Waals surface area contributed by atoms with Crippen molar-refractivity contribution in [2.75, 3.05) is 5.73 Å². The molecule has 0 saturated heterocycles. The maximum absolute atomic E-state index is 6.42. The number of rotatable bonds is 7. The molecule has 0 aliphatic carbocycles. The average molecular weight is 442 g/mol. The number of thiophene rings is 1. The van der Waals surface area contributed by atoms with E-state index in [1.807, 2.05) is 6.07 Å². The molecular formula is C26H27N5S. The number of nitrogen functional groups attached to an aromatic ring is 1. The molecule has 5 nitrogen and oxygen atoms in total. The van der Waals surface area contributed by atoms with Crippen LogP contribution in [-0.2, 0) is 19.5 Å². The summed E-state index contributed by atoms with van der Waals surface area (Å²) in [6.45, 7) is 3.51. The van der Waals surface area contributed by atoms with Crippen molar-refractivity contribution in [3.63, 3.8) is 0 Å². The standard InChI is InChI=1S/C26H27N5S/c1-2-3-9-22-30-23-24(31(22)16-18-12-10-17(15-27)11-13-18)25-20(29-26(23)28)14-21(32-25)19-7-5-4-6-8-19/h4-8,10-14H,2-3,9,15-16,27H2,1H3,(H2,28,29). The number of hydrogen-bond acceptors (Lipinski definition) is 5. The molecule has 0 atom stereocenters. The highest BCUT2D eigenvalue weighted by molar-refractivity contribution is 7.23. The molecule has 0 aliphatic rings. The molecule has 4 N–H and O–H groups in total.